The summed E-state index contributed by atoms with van der Waals surface area (Å²) in [5.41, 5.74) is 1.08. The Labute approximate surface area is 135 Å². The molecule has 0 saturated heterocycles. The second-order valence-corrected chi connectivity index (χ2v) is 4.97. The van der Waals surface area contributed by atoms with Crippen molar-refractivity contribution in [3.05, 3.63) is 60.2 Å². The standard InChI is InChI=1S/C18H20N2O3/c1-3-19-17(21)13(2)23-16-12-8-7-11-15(16)18(22)20-14-9-5-4-6-10-14/h4-13H,3H2,1-2H3,(H,19,21)(H,20,22)/t13-/m0/s1. The van der Waals surface area contributed by atoms with Crippen LogP contribution in [0.25, 0.3) is 0 Å². The Kier molecular flexibility index (Phi) is 5.74. The first-order valence-electron chi connectivity index (χ1n) is 7.51. The molecule has 0 aliphatic heterocycles. The number of benzene rings is 2. The van der Waals surface area contributed by atoms with Crippen molar-refractivity contribution < 1.29 is 14.3 Å². The number of ether oxygens (including phenoxy) is 1. The molecular formula is C18H20N2O3. The molecule has 0 aliphatic rings. The molecule has 0 spiro atoms. The lowest BCUT2D eigenvalue weighted by Crippen LogP contribution is -2.36. The number of para-hydroxylation sites is 2. The molecule has 2 aromatic rings. The smallest absolute Gasteiger partial charge is 0.260 e. The number of hydrogen-bond acceptors (Lipinski definition) is 3. The molecule has 0 heterocycles. The van der Waals surface area contributed by atoms with Crippen LogP contribution in [0, 0.1) is 0 Å². The normalized spacial score (nSPS) is 11.4. The van der Waals surface area contributed by atoms with Gasteiger partial charge in [0.05, 0.1) is 5.56 Å². The van der Waals surface area contributed by atoms with Crippen LogP contribution in [0.2, 0.25) is 0 Å². The topological polar surface area (TPSA) is 67.4 Å². The van der Waals surface area contributed by atoms with Crippen molar-refractivity contribution >= 4 is 17.5 Å². The van der Waals surface area contributed by atoms with E-state index in [4.69, 9.17) is 4.74 Å². The Bertz CT molecular complexity index is 671. The lowest BCUT2D eigenvalue weighted by atomic mass is 10.1. The van der Waals surface area contributed by atoms with E-state index in [2.05, 4.69) is 10.6 Å². The van der Waals surface area contributed by atoms with Gasteiger partial charge < -0.3 is 15.4 Å². The van der Waals surface area contributed by atoms with E-state index in [0.717, 1.165) is 0 Å². The van der Waals surface area contributed by atoms with Crippen LogP contribution < -0.4 is 15.4 Å². The summed E-state index contributed by atoms with van der Waals surface area (Å²) in [6, 6.07) is 16.0. The van der Waals surface area contributed by atoms with Crippen molar-refractivity contribution in [2.45, 2.75) is 20.0 Å². The maximum Gasteiger partial charge on any atom is 0.260 e. The van der Waals surface area contributed by atoms with E-state index < -0.39 is 6.10 Å². The Hall–Kier alpha value is -2.82. The minimum Gasteiger partial charge on any atom is -0.480 e. The lowest BCUT2D eigenvalue weighted by molar-refractivity contribution is -0.127. The van der Waals surface area contributed by atoms with E-state index in [0.29, 0.717) is 23.5 Å². The number of amides is 2. The molecule has 5 heteroatoms. The highest BCUT2D eigenvalue weighted by molar-refractivity contribution is 6.06. The third kappa shape index (κ3) is 4.57. The molecule has 0 aliphatic carbocycles. The van der Waals surface area contributed by atoms with Gasteiger partial charge in [-0.3, -0.25) is 9.59 Å². The van der Waals surface area contributed by atoms with Crippen LogP contribution in [0.3, 0.4) is 0 Å². The summed E-state index contributed by atoms with van der Waals surface area (Å²) in [7, 11) is 0. The Morgan fingerprint density at radius 2 is 1.70 bits per heavy atom. The molecule has 5 nitrogen and oxygen atoms in total. The van der Waals surface area contributed by atoms with E-state index in [1.807, 2.05) is 25.1 Å². The van der Waals surface area contributed by atoms with Crippen LogP contribution >= 0.6 is 0 Å². The molecule has 0 radical (unpaired) electrons. The predicted molar refractivity (Wildman–Crippen MR) is 89.6 cm³/mol. The van der Waals surface area contributed by atoms with Crippen molar-refractivity contribution in [2.24, 2.45) is 0 Å². The minimum atomic E-state index is -0.680. The molecule has 120 valence electrons. The molecule has 0 aromatic heterocycles. The summed E-state index contributed by atoms with van der Waals surface area (Å²) in [5.74, 6) is -0.125. The van der Waals surface area contributed by atoms with Crippen molar-refractivity contribution in [2.75, 3.05) is 11.9 Å². The third-order valence-electron chi connectivity index (χ3n) is 3.19. The molecule has 0 saturated carbocycles. The van der Waals surface area contributed by atoms with Gasteiger partial charge in [-0.15, -0.1) is 0 Å². The summed E-state index contributed by atoms with van der Waals surface area (Å²) in [4.78, 5) is 24.2. The van der Waals surface area contributed by atoms with E-state index in [9.17, 15) is 9.59 Å². The molecule has 0 bridgehead atoms. The Morgan fingerprint density at radius 1 is 1.04 bits per heavy atom. The van der Waals surface area contributed by atoms with Gasteiger partial charge in [0.25, 0.3) is 11.8 Å². The van der Waals surface area contributed by atoms with Gasteiger partial charge >= 0.3 is 0 Å². The van der Waals surface area contributed by atoms with Crippen LogP contribution in [0.5, 0.6) is 5.75 Å². The number of nitrogens with one attached hydrogen (secondary N) is 2. The van der Waals surface area contributed by atoms with Gasteiger partial charge in [0.2, 0.25) is 0 Å². The molecule has 2 amide bonds. The summed E-state index contributed by atoms with van der Waals surface area (Å²) in [6.45, 7) is 4.02. The fourth-order valence-corrected chi connectivity index (χ4v) is 2.04. The highest BCUT2D eigenvalue weighted by atomic mass is 16.5. The number of anilines is 1. The zero-order valence-corrected chi connectivity index (χ0v) is 13.2. The summed E-state index contributed by atoms with van der Waals surface area (Å²) in [5, 5.41) is 5.50. The molecule has 2 N–H and O–H groups in total. The van der Waals surface area contributed by atoms with Crippen LogP contribution in [0.4, 0.5) is 5.69 Å². The number of rotatable bonds is 6. The first kappa shape index (κ1) is 16.5. The molecule has 0 unspecified atom stereocenters. The monoisotopic (exact) mass is 312 g/mol. The van der Waals surface area contributed by atoms with E-state index in [1.54, 1.807) is 43.3 Å². The Balaban J connectivity index is 2.13. The first-order chi connectivity index (χ1) is 11.1. The Morgan fingerprint density at radius 3 is 2.39 bits per heavy atom. The minimum absolute atomic E-state index is 0.217. The highest BCUT2D eigenvalue weighted by Crippen LogP contribution is 2.21. The van der Waals surface area contributed by atoms with Crippen LogP contribution in [0.1, 0.15) is 24.2 Å². The van der Waals surface area contributed by atoms with Crippen LogP contribution in [0.15, 0.2) is 54.6 Å². The number of carbonyl (C=O) groups is 2. The largest absolute Gasteiger partial charge is 0.480 e. The zero-order valence-electron chi connectivity index (χ0n) is 13.2. The predicted octanol–water partition coefficient (Wildman–Crippen LogP) is 2.84. The number of hydrogen-bond donors (Lipinski definition) is 2. The second-order valence-electron chi connectivity index (χ2n) is 4.97. The van der Waals surface area contributed by atoms with Crippen LogP contribution in [-0.2, 0) is 4.79 Å². The average molecular weight is 312 g/mol. The van der Waals surface area contributed by atoms with Gasteiger partial charge in [-0.2, -0.15) is 0 Å². The fraction of sp³-hybridized carbons (Fsp3) is 0.222. The molecule has 0 fully saturated rings. The fourth-order valence-electron chi connectivity index (χ4n) is 2.04. The van der Waals surface area contributed by atoms with Gasteiger partial charge in [0, 0.05) is 12.2 Å². The summed E-state index contributed by atoms with van der Waals surface area (Å²) >= 11 is 0. The van der Waals surface area contributed by atoms with Gasteiger partial charge in [-0.1, -0.05) is 30.3 Å². The quantitative estimate of drug-likeness (QED) is 0.862. The molecule has 1 atom stereocenters. The van der Waals surface area contributed by atoms with Gasteiger partial charge in [0.1, 0.15) is 5.75 Å². The van der Waals surface area contributed by atoms with E-state index in [-0.39, 0.29) is 11.8 Å². The third-order valence-corrected chi connectivity index (χ3v) is 3.19. The molecule has 2 rings (SSSR count). The average Bonchev–Trinajstić information content (AvgIpc) is 2.56. The van der Waals surface area contributed by atoms with Gasteiger partial charge in [0.15, 0.2) is 6.10 Å². The van der Waals surface area contributed by atoms with E-state index >= 15 is 0 Å². The van der Waals surface area contributed by atoms with Crippen molar-refractivity contribution in [3.8, 4) is 5.75 Å². The van der Waals surface area contributed by atoms with Crippen molar-refractivity contribution in [3.63, 3.8) is 0 Å². The molecule has 2 aromatic carbocycles. The lowest BCUT2D eigenvalue weighted by Gasteiger charge is -2.16. The number of likely N-dealkylation sites (N-methyl/N-ethyl adjacent to an activating group) is 1. The van der Waals surface area contributed by atoms with Crippen molar-refractivity contribution in [1.82, 2.24) is 5.32 Å². The van der Waals surface area contributed by atoms with Crippen LogP contribution in [-0.4, -0.2) is 24.5 Å². The summed E-state index contributed by atoms with van der Waals surface area (Å²) in [6.07, 6.45) is -0.680. The maximum absolute atomic E-state index is 12.4. The van der Waals surface area contributed by atoms with Gasteiger partial charge in [-0.25, -0.2) is 0 Å². The second kappa shape index (κ2) is 7.98. The van der Waals surface area contributed by atoms with Gasteiger partial charge in [-0.05, 0) is 38.1 Å². The summed E-state index contributed by atoms with van der Waals surface area (Å²) < 4.78 is 5.65. The molecule has 23 heavy (non-hydrogen) atoms. The SMILES string of the molecule is CCNC(=O)[C@H](C)Oc1ccccc1C(=O)Nc1ccccc1. The first-order valence-corrected chi connectivity index (χ1v) is 7.51. The highest BCUT2D eigenvalue weighted by Gasteiger charge is 2.18. The number of carbonyl (C=O) groups excluding carboxylic acids is 2. The van der Waals surface area contributed by atoms with E-state index in [1.165, 1.54) is 0 Å². The maximum atomic E-state index is 12.4. The zero-order chi connectivity index (χ0) is 16.7. The molecular weight excluding hydrogens is 292 g/mol. The van der Waals surface area contributed by atoms with Crippen molar-refractivity contribution in [1.29, 1.82) is 0 Å².